The monoisotopic (exact) mass is 338 g/mol. The van der Waals surface area contributed by atoms with E-state index in [1.807, 2.05) is 6.26 Å². The van der Waals surface area contributed by atoms with E-state index in [1.54, 1.807) is 0 Å². The van der Waals surface area contributed by atoms with Gasteiger partial charge < -0.3 is 4.90 Å². The molecule has 0 amide bonds. The lowest BCUT2D eigenvalue weighted by Gasteiger charge is -2.36. The summed E-state index contributed by atoms with van der Waals surface area (Å²) in [5.74, 6) is 0.310. The summed E-state index contributed by atoms with van der Waals surface area (Å²) in [6.45, 7) is 0.967. The van der Waals surface area contributed by atoms with Crippen molar-refractivity contribution in [3.05, 3.63) is 16.7 Å². The van der Waals surface area contributed by atoms with Crippen LogP contribution in [-0.2, 0) is 6.42 Å². The molecule has 2 aromatic heterocycles. The van der Waals surface area contributed by atoms with Gasteiger partial charge >= 0.3 is 0 Å². The maximum Gasteiger partial charge on any atom is 0.189 e. The van der Waals surface area contributed by atoms with Crippen molar-refractivity contribution in [2.45, 2.75) is 43.3 Å². The number of thioether (sulfide) groups is 1. The zero-order valence-electron chi connectivity index (χ0n) is 12.3. The van der Waals surface area contributed by atoms with Crippen LogP contribution in [0, 0.1) is 5.82 Å². The fourth-order valence-corrected chi connectivity index (χ4v) is 4.09. The van der Waals surface area contributed by atoms with E-state index in [4.69, 9.17) is 16.6 Å². The standard InChI is InChI=1S/C15H16ClFN4S/c1-22-15-19-12-10-9(18-13(16)11(12)17)6-5-8-4-2-3-7-21(8)14(10)20-15/h8H,2-7H2,1H3. The van der Waals surface area contributed by atoms with Crippen molar-refractivity contribution in [2.24, 2.45) is 0 Å². The van der Waals surface area contributed by atoms with Gasteiger partial charge in [0, 0.05) is 12.6 Å². The number of hydrogen-bond donors (Lipinski definition) is 0. The Labute approximate surface area is 137 Å². The number of hydrogen-bond acceptors (Lipinski definition) is 5. The average molecular weight is 339 g/mol. The highest BCUT2D eigenvalue weighted by Gasteiger charge is 2.31. The van der Waals surface area contributed by atoms with Gasteiger partial charge in [-0.2, -0.15) is 0 Å². The van der Waals surface area contributed by atoms with E-state index in [9.17, 15) is 4.39 Å². The summed E-state index contributed by atoms with van der Waals surface area (Å²) in [4.78, 5) is 15.7. The molecule has 0 aliphatic carbocycles. The number of nitrogens with zero attached hydrogens (tertiary/aromatic N) is 4. The minimum Gasteiger partial charge on any atom is -0.353 e. The van der Waals surface area contributed by atoms with Crippen LogP contribution in [0.1, 0.15) is 31.4 Å². The Morgan fingerprint density at radius 2 is 2.09 bits per heavy atom. The normalized spacial score (nSPS) is 20.9. The Morgan fingerprint density at radius 3 is 2.91 bits per heavy atom. The molecule has 4 rings (SSSR count). The predicted octanol–water partition coefficient (Wildman–Crippen LogP) is 3.84. The van der Waals surface area contributed by atoms with Gasteiger partial charge in [-0.3, -0.25) is 0 Å². The summed E-state index contributed by atoms with van der Waals surface area (Å²) in [5.41, 5.74) is 1.15. The molecule has 1 fully saturated rings. The second-order valence-corrected chi connectivity index (χ2v) is 6.93. The zero-order valence-corrected chi connectivity index (χ0v) is 13.8. The number of halogens is 2. The van der Waals surface area contributed by atoms with Crippen molar-refractivity contribution in [2.75, 3.05) is 17.7 Å². The second kappa shape index (κ2) is 5.49. The fraction of sp³-hybridized carbons (Fsp3) is 0.533. The first kappa shape index (κ1) is 14.5. The molecule has 0 spiro atoms. The van der Waals surface area contributed by atoms with E-state index in [0.29, 0.717) is 16.7 Å². The van der Waals surface area contributed by atoms with Crippen LogP contribution in [0.5, 0.6) is 0 Å². The SMILES string of the molecule is CSc1nc2c3c(nc(Cl)c(F)c3n1)CCC1CCCCN21. The Hall–Kier alpha value is -1.14. The molecule has 1 atom stereocenters. The van der Waals surface area contributed by atoms with E-state index in [-0.39, 0.29) is 5.15 Å². The highest BCUT2D eigenvalue weighted by atomic mass is 35.5. The third-order valence-corrected chi connectivity index (χ3v) is 5.37. The predicted molar refractivity (Wildman–Crippen MR) is 87.4 cm³/mol. The number of piperidine rings is 1. The smallest absolute Gasteiger partial charge is 0.189 e. The number of rotatable bonds is 1. The Balaban J connectivity index is 2.05. The topological polar surface area (TPSA) is 41.9 Å². The van der Waals surface area contributed by atoms with E-state index in [2.05, 4.69) is 14.9 Å². The highest BCUT2D eigenvalue weighted by molar-refractivity contribution is 7.98. The van der Waals surface area contributed by atoms with Crippen molar-refractivity contribution in [3.63, 3.8) is 0 Å². The molecule has 0 N–H and O–H groups in total. The van der Waals surface area contributed by atoms with E-state index < -0.39 is 5.82 Å². The van der Waals surface area contributed by atoms with Crippen molar-refractivity contribution >= 4 is 40.1 Å². The van der Waals surface area contributed by atoms with Gasteiger partial charge in [0.05, 0.1) is 11.1 Å². The maximum absolute atomic E-state index is 14.5. The molecule has 0 radical (unpaired) electrons. The lowest BCUT2D eigenvalue weighted by Crippen LogP contribution is -2.39. The number of aromatic nitrogens is 3. The molecule has 22 heavy (non-hydrogen) atoms. The van der Waals surface area contributed by atoms with E-state index in [1.165, 1.54) is 18.2 Å². The number of aryl methyl sites for hydroxylation is 1. The fourth-order valence-electron chi connectivity index (χ4n) is 3.54. The summed E-state index contributed by atoms with van der Waals surface area (Å²) in [7, 11) is 0. The molecule has 7 heteroatoms. The van der Waals surface area contributed by atoms with Gasteiger partial charge in [-0.25, -0.2) is 19.3 Å². The van der Waals surface area contributed by atoms with Gasteiger partial charge in [0.25, 0.3) is 0 Å². The van der Waals surface area contributed by atoms with Crippen molar-refractivity contribution < 1.29 is 4.39 Å². The molecule has 2 aromatic rings. The van der Waals surface area contributed by atoms with Crippen molar-refractivity contribution in [3.8, 4) is 0 Å². The van der Waals surface area contributed by atoms with Crippen LogP contribution in [0.4, 0.5) is 10.2 Å². The molecule has 2 aliphatic rings. The van der Waals surface area contributed by atoms with Crippen LogP contribution in [0.25, 0.3) is 10.9 Å². The quantitative estimate of drug-likeness (QED) is 0.449. The molecule has 1 saturated heterocycles. The molecule has 1 unspecified atom stereocenters. The molecular weight excluding hydrogens is 323 g/mol. The molecule has 116 valence electrons. The largest absolute Gasteiger partial charge is 0.353 e. The van der Waals surface area contributed by atoms with Crippen LogP contribution < -0.4 is 4.90 Å². The van der Waals surface area contributed by atoms with Crippen LogP contribution in [0.15, 0.2) is 5.16 Å². The Bertz CT molecular complexity index is 754. The molecule has 0 aromatic carbocycles. The molecule has 0 bridgehead atoms. The first-order valence-corrected chi connectivity index (χ1v) is 9.15. The summed E-state index contributed by atoms with van der Waals surface area (Å²) in [5, 5.41) is 1.25. The van der Waals surface area contributed by atoms with Crippen LogP contribution in [-0.4, -0.2) is 33.8 Å². The van der Waals surface area contributed by atoms with Crippen LogP contribution in [0.2, 0.25) is 5.15 Å². The maximum atomic E-state index is 14.5. The Morgan fingerprint density at radius 1 is 1.23 bits per heavy atom. The van der Waals surface area contributed by atoms with Gasteiger partial charge in [0.1, 0.15) is 11.3 Å². The van der Waals surface area contributed by atoms with Gasteiger partial charge in [-0.15, -0.1) is 0 Å². The van der Waals surface area contributed by atoms with Gasteiger partial charge in [-0.05, 0) is 38.4 Å². The molecule has 2 aliphatic heterocycles. The minimum absolute atomic E-state index is 0.0842. The number of pyridine rings is 1. The van der Waals surface area contributed by atoms with Crippen LogP contribution >= 0.6 is 23.4 Å². The van der Waals surface area contributed by atoms with Crippen molar-refractivity contribution in [1.82, 2.24) is 15.0 Å². The first-order valence-electron chi connectivity index (χ1n) is 7.55. The molecular formula is C15H16ClFN4S. The number of fused-ring (bicyclic) bond motifs is 2. The van der Waals surface area contributed by atoms with E-state index >= 15 is 0 Å². The average Bonchev–Trinajstić information content (AvgIpc) is 2.70. The molecule has 4 heterocycles. The minimum atomic E-state index is -0.533. The summed E-state index contributed by atoms with van der Waals surface area (Å²) < 4.78 is 14.5. The van der Waals surface area contributed by atoms with E-state index in [0.717, 1.165) is 49.1 Å². The summed E-state index contributed by atoms with van der Waals surface area (Å²) in [6, 6.07) is 0.456. The summed E-state index contributed by atoms with van der Waals surface area (Å²) in [6.07, 6.45) is 7.25. The second-order valence-electron chi connectivity index (χ2n) is 5.80. The highest BCUT2D eigenvalue weighted by Crippen LogP contribution is 2.38. The lowest BCUT2D eigenvalue weighted by molar-refractivity contribution is 0.438. The van der Waals surface area contributed by atoms with Gasteiger partial charge in [-0.1, -0.05) is 23.4 Å². The Kier molecular flexibility index (Phi) is 3.61. The first-order chi connectivity index (χ1) is 10.7. The zero-order chi connectivity index (χ0) is 15.3. The molecule has 4 nitrogen and oxygen atoms in total. The third kappa shape index (κ3) is 2.15. The van der Waals surface area contributed by atoms with Crippen LogP contribution in [0.3, 0.4) is 0 Å². The van der Waals surface area contributed by atoms with Gasteiger partial charge in [0.15, 0.2) is 16.1 Å². The summed E-state index contributed by atoms with van der Waals surface area (Å²) >= 11 is 7.41. The lowest BCUT2D eigenvalue weighted by atomic mass is 9.99. The van der Waals surface area contributed by atoms with Gasteiger partial charge in [0.2, 0.25) is 0 Å². The molecule has 0 saturated carbocycles. The van der Waals surface area contributed by atoms with Crippen molar-refractivity contribution in [1.29, 1.82) is 0 Å². The third-order valence-electron chi connectivity index (χ3n) is 4.58. The number of anilines is 1.